The van der Waals surface area contributed by atoms with Gasteiger partial charge in [0.25, 0.3) is 6.57 Å². The summed E-state index contributed by atoms with van der Waals surface area (Å²) in [7, 11) is 0. The van der Waals surface area contributed by atoms with Crippen LogP contribution in [0.4, 0.5) is 0 Å². The van der Waals surface area contributed by atoms with E-state index >= 15 is 0 Å². The van der Waals surface area contributed by atoms with Crippen LogP contribution in [0.15, 0.2) is 30.3 Å². The maximum Gasteiger partial charge on any atom is 0.302 e. The van der Waals surface area contributed by atoms with E-state index in [9.17, 15) is 0 Å². The van der Waals surface area contributed by atoms with E-state index in [4.69, 9.17) is 6.57 Å². The Hall–Kier alpha value is -1.29. The Labute approximate surface area is 73.9 Å². The van der Waals surface area contributed by atoms with Crippen LogP contribution in [0.3, 0.4) is 0 Å². The molecule has 0 aliphatic rings. The SMILES string of the molecule is C#[N+]C(C)(CC)c1ccccc1. The normalized spacial score (nSPS) is 14.8. The minimum absolute atomic E-state index is 0.221. The van der Waals surface area contributed by atoms with Gasteiger partial charge in [0.15, 0.2) is 0 Å². The van der Waals surface area contributed by atoms with Crippen LogP contribution in [0.25, 0.3) is 4.85 Å². The number of benzene rings is 1. The molecule has 0 aromatic heterocycles. The lowest BCUT2D eigenvalue weighted by atomic mass is 9.90. The molecule has 0 N–H and O–H groups in total. The van der Waals surface area contributed by atoms with Crippen molar-refractivity contribution in [1.29, 1.82) is 0 Å². The third kappa shape index (κ3) is 1.48. The van der Waals surface area contributed by atoms with Gasteiger partial charge in [0.2, 0.25) is 0 Å². The van der Waals surface area contributed by atoms with Gasteiger partial charge in [-0.25, -0.2) is 0 Å². The maximum absolute atomic E-state index is 5.37. The fourth-order valence-corrected chi connectivity index (χ4v) is 1.17. The van der Waals surface area contributed by atoms with Crippen molar-refractivity contribution in [2.75, 3.05) is 0 Å². The van der Waals surface area contributed by atoms with Crippen molar-refractivity contribution in [2.45, 2.75) is 25.8 Å². The molecule has 12 heavy (non-hydrogen) atoms. The molecule has 0 radical (unpaired) electrons. The molecule has 62 valence electrons. The fraction of sp³-hybridized carbons (Fsp3) is 0.364. The number of nitrogens with zero attached hydrogens (tertiary/aromatic N) is 1. The second-order valence-corrected chi connectivity index (χ2v) is 3.12. The molecular formula is C11H14N+. The topological polar surface area (TPSA) is 4.36 Å². The minimum atomic E-state index is -0.221. The molecule has 0 bridgehead atoms. The molecule has 0 saturated carbocycles. The molecule has 0 aliphatic carbocycles. The van der Waals surface area contributed by atoms with Gasteiger partial charge in [-0.2, -0.15) is 0 Å². The Kier molecular flexibility index (Phi) is 2.50. The Morgan fingerprint density at radius 2 is 1.92 bits per heavy atom. The molecule has 1 unspecified atom stereocenters. The highest BCUT2D eigenvalue weighted by molar-refractivity contribution is 5.27. The largest absolute Gasteiger partial charge is 0.302 e. The first kappa shape index (κ1) is 8.80. The predicted molar refractivity (Wildman–Crippen MR) is 52.4 cm³/mol. The van der Waals surface area contributed by atoms with E-state index in [-0.39, 0.29) is 5.54 Å². The second-order valence-electron chi connectivity index (χ2n) is 3.12. The van der Waals surface area contributed by atoms with Crippen molar-refractivity contribution < 1.29 is 0 Å². The van der Waals surface area contributed by atoms with E-state index in [1.54, 1.807) is 0 Å². The lowest BCUT2D eigenvalue weighted by Gasteiger charge is -2.09. The van der Waals surface area contributed by atoms with E-state index < -0.39 is 0 Å². The van der Waals surface area contributed by atoms with Crippen LogP contribution in [0, 0.1) is 6.57 Å². The van der Waals surface area contributed by atoms with E-state index in [1.165, 1.54) is 5.56 Å². The zero-order valence-electron chi connectivity index (χ0n) is 7.62. The van der Waals surface area contributed by atoms with E-state index in [0.717, 1.165) is 6.42 Å². The summed E-state index contributed by atoms with van der Waals surface area (Å²) < 4.78 is 0. The Bertz CT molecular complexity index is 284. The minimum Gasteiger partial charge on any atom is -0.0755 e. The van der Waals surface area contributed by atoms with Crippen LogP contribution >= 0.6 is 0 Å². The molecule has 1 heteroatoms. The van der Waals surface area contributed by atoms with Gasteiger partial charge in [0.1, 0.15) is 0 Å². The highest BCUT2D eigenvalue weighted by Crippen LogP contribution is 2.28. The smallest absolute Gasteiger partial charge is 0.0755 e. The maximum atomic E-state index is 5.37. The van der Waals surface area contributed by atoms with E-state index in [0.29, 0.717) is 0 Å². The molecule has 0 spiro atoms. The highest BCUT2D eigenvalue weighted by Gasteiger charge is 2.33. The zero-order valence-corrected chi connectivity index (χ0v) is 7.62. The van der Waals surface area contributed by atoms with Crippen LogP contribution in [0.2, 0.25) is 0 Å². The average Bonchev–Trinajstić information content (AvgIpc) is 2.18. The molecule has 1 aromatic carbocycles. The Balaban J connectivity index is 3.06. The first-order valence-electron chi connectivity index (χ1n) is 4.20. The standard InChI is InChI=1S/C11H14N/c1-4-11(2,12-3)10-8-6-5-7-9-10/h3,5-9H,4H2,1-2H3/q+1. The third-order valence-corrected chi connectivity index (χ3v) is 2.37. The summed E-state index contributed by atoms with van der Waals surface area (Å²) in [5.74, 6) is 0. The first-order valence-corrected chi connectivity index (χ1v) is 4.20. The number of rotatable bonds is 2. The van der Waals surface area contributed by atoms with Crippen molar-refractivity contribution in [2.24, 2.45) is 0 Å². The van der Waals surface area contributed by atoms with Crippen molar-refractivity contribution in [3.8, 4) is 6.57 Å². The van der Waals surface area contributed by atoms with Gasteiger partial charge in [-0.1, -0.05) is 42.1 Å². The molecule has 1 atom stereocenters. The summed E-state index contributed by atoms with van der Waals surface area (Å²) in [5, 5.41) is 0. The summed E-state index contributed by atoms with van der Waals surface area (Å²) in [5.41, 5.74) is 0.955. The van der Waals surface area contributed by atoms with Crippen LogP contribution in [-0.4, -0.2) is 0 Å². The fourth-order valence-electron chi connectivity index (χ4n) is 1.17. The number of hydrogen-bond donors (Lipinski definition) is 0. The van der Waals surface area contributed by atoms with Crippen LogP contribution in [-0.2, 0) is 5.54 Å². The molecular weight excluding hydrogens is 146 g/mol. The molecule has 0 saturated heterocycles. The lowest BCUT2D eigenvalue weighted by molar-refractivity contribution is 0.569. The molecule has 0 fully saturated rings. The molecule has 0 aliphatic heterocycles. The summed E-state index contributed by atoms with van der Waals surface area (Å²) in [6.07, 6.45) is 0.924. The summed E-state index contributed by atoms with van der Waals surface area (Å²) in [6.45, 7) is 9.51. The van der Waals surface area contributed by atoms with Crippen LogP contribution in [0.5, 0.6) is 0 Å². The van der Waals surface area contributed by atoms with Gasteiger partial charge >= 0.3 is 5.54 Å². The van der Waals surface area contributed by atoms with E-state index in [2.05, 4.69) is 23.9 Å². The first-order chi connectivity index (χ1) is 5.73. The predicted octanol–water partition coefficient (Wildman–Crippen LogP) is 3.27. The van der Waals surface area contributed by atoms with Crippen molar-refractivity contribution in [3.05, 3.63) is 40.7 Å². The summed E-state index contributed by atoms with van der Waals surface area (Å²) in [6, 6.07) is 10.1. The van der Waals surface area contributed by atoms with Crippen LogP contribution in [0.1, 0.15) is 25.8 Å². The van der Waals surface area contributed by atoms with Gasteiger partial charge in [0.05, 0.1) is 0 Å². The van der Waals surface area contributed by atoms with Gasteiger partial charge < -0.3 is 0 Å². The van der Waals surface area contributed by atoms with Crippen molar-refractivity contribution in [3.63, 3.8) is 0 Å². The van der Waals surface area contributed by atoms with Gasteiger partial charge in [-0.05, 0) is 0 Å². The van der Waals surface area contributed by atoms with Gasteiger partial charge in [0, 0.05) is 18.9 Å². The average molecular weight is 160 g/mol. The molecule has 0 amide bonds. The van der Waals surface area contributed by atoms with Crippen molar-refractivity contribution >= 4 is 0 Å². The third-order valence-electron chi connectivity index (χ3n) is 2.37. The number of hydrogen-bond acceptors (Lipinski definition) is 0. The molecule has 1 rings (SSSR count). The monoisotopic (exact) mass is 160 g/mol. The lowest BCUT2D eigenvalue weighted by Crippen LogP contribution is -2.14. The summed E-state index contributed by atoms with van der Waals surface area (Å²) in [4.78, 5) is 3.91. The quantitative estimate of drug-likeness (QED) is 0.625. The Morgan fingerprint density at radius 3 is 2.33 bits per heavy atom. The van der Waals surface area contributed by atoms with Crippen LogP contribution < -0.4 is 0 Å². The molecule has 1 nitrogen and oxygen atoms in total. The molecule has 0 heterocycles. The molecule has 1 aromatic rings. The highest BCUT2D eigenvalue weighted by atomic mass is 14.8. The second kappa shape index (κ2) is 3.40. The van der Waals surface area contributed by atoms with Crippen molar-refractivity contribution in [1.82, 2.24) is 0 Å². The summed E-state index contributed by atoms with van der Waals surface area (Å²) >= 11 is 0. The van der Waals surface area contributed by atoms with Gasteiger partial charge in [-0.15, -0.1) is 0 Å². The zero-order chi connectivity index (χ0) is 9.03. The Morgan fingerprint density at radius 1 is 1.33 bits per heavy atom. The van der Waals surface area contributed by atoms with E-state index in [1.807, 2.05) is 25.1 Å². The van der Waals surface area contributed by atoms with Gasteiger partial charge in [-0.3, -0.25) is 0 Å².